The lowest BCUT2D eigenvalue weighted by atomic mass is 10.0. The zero-order valence-corrected chi connectivity index (χ0v) is 17.8. The van der Waals surface area contributed by atoms with Gasteiger partial charge in [-0.15, -0.1) is 12.4 Å². The molecule has 6 nitrogen and oxygen atoms in total. The van der Waals surface area contributed by atoms with Crippen LogP contribution in [0.25, 0.3) is 0 Å². The Labute approximate surface area is 179 Å². The number of ether oxygens (including phenoxy) is 1. The lowest BCUT2D eigenvalue weighted by molar-refractivity contribution is 0.0951. The quantitative estimate of drug-likeness (QED) is 0.666. The molecule has 2 aromatic heterocycles. The summed E-state index contributed by atoms with van der Waals surface area (Å²) in [6, 6.07) is 9.77. The average molecular weight is 432 g/mol. The Balaban J connectivity index is 0.00000240. The fraction of sp³-hybridized carbons (Fsp3) is 0.238. The van der Waals surface area contributed by atoms with Crippen molar-refractivity contribution >= 4 is 41.1 Å². The van der Waals surface area contributed by atoms with Gasteiger partial charge >= 0.3 is 0 Å². The largest absolute Gasteiger partial charge is 0.497 e. The molecular formula is C21H22ClN3O3S. The van der Waals surface area contributed by atoms with Crippen molar-refractivity contribution in [2.45, 2.75) is 6.04 Å². The van der Waals surface area contributed by atoms with Crippen molar-refractivity contribution in [1.29, 1.82) is 0 Å². The summed E-state index contributed by atoms with van der Waals surface area (Å²) in [5, 5.41) is 7.14. The van der Waals surface area contributed by atoms with Gasteiger partial charge in [0.2, 0.25) is 0 Å². The Hall–Kier alpha value is -2.77. The summed E-state index contributed by atoms with van der Waals surface area (Å²) in [4.78, 5) is 19.4. The van der Waals surface area contributed by atoms with Gasteiger partial charge in [0.15, 0.2) is 0 Å². The Bertz CT molecular complexity index is 987. The molecule has 1 atom stereocenters. The minimum Gasteiger partial charge on any atom is -0.497 e. The van der Waals surface area contributed by atoms with Crippen molar-refractivity contribution in [2.24, 2.45) is 4.99 Å². The van der Waals surface area contributed by atoms with Gasteiger partial charge in [0.05, 0.1) is 37.2 Å². The van der Waals surface area contributed by atoms with E-state index in [2.05, 4.69) is 27.0 Å². The van der Waals surface area contributed by atoms with E-state index >= 15 is 0 Å². The molecule has 0 saturated carbocycles. The third kappa shape index (κ3) is 4.31. The molecule has 1 amide bonds. The number of hydrogen-bond donors (Lipinski definition) is 1. The molecule has 1 aromatic carbocycles. The minimum atomic E-state index is -0.153. The summed E-state index contributed by atoms with van der Waals surface area (Å²) in [5.41, 5.74) is 4.68. The molecule has 0 bridgehead atoms. The molecule has 1 unspecified atom stereocenters. The summed E-state index contributed by atoms with van der Waals surface area (Å²) >= 11 is 1.65. The van der Waals surface area contributed by atoms with E-state index in [0.29, 0.717) is 18.7 Å². The number of carbonyl (C=O) groups excluding carboxylic acids is 1. The fourth-order valence-corrected chi connectivity index (χ4v) is 3.93. The van der Waals surface area contributed by atoms with Crippen LogP contribution in [-0.4, -0.2) is 44.9 Å². The Morgan fingerprint density at radius 2 is 2.24 bits per heavy atom. The number of furan rings is 1. The highest BCUT2D eigenvalue weighted by Gasteiger charge is 2.25. The van der Waals surface area contributed by atoms with E-state index < -0.39 is 0 Å². The SMILES string of the molecule is COc1ccc2c(c1)N(C)C(CNC(=O)c1ccoc1)CN=C2c1ccsc1.Cl. The van der Waals surface area contributed by atoms with Crippen molar-refractivity contribution in [3.8, 4) is 5.75 Å². The molecule has 8 heteroatoms. The molecule has 0 saturated heterocycles. The van der Waals surface area contributed by atoms with Gasteiger partial charge in [0, 0.05) is 41.9 Å². The molecule has 4 rings (SSSR count). The van der Waals surface area contributed by atoms with Crippen LogP contribution in [0.3, 0.4) is 0 Å². The van der Waals surface area contributed by atoms with Gasteiger partial charge in [-0.05, 0) is 29.6 Å². The summed E-state index contributed by atoms with van der Waals surface area (Å²) in [6.45, 7) is 1.04. The number of carbonyl (C=O) groups is 1. The highest BCUT2D eigenvalue weighted by molar-refractivity contribution is 7.08. The van der Waals surface area contributed by atoms with Crippen LogP contribution < -0.4 is 15.0 Å². The van der Waals surface area contributed by atoms with Crippen LogP contribution in [0.1, 0.15) is 21.5 Å². The molecule has 0 spiro atoms. The maximum atomic E-state index is 12.3. The van der Waals surface area contributed by atoms with Crippen LogP contribution in [0.2, 0.25) is 0 Å². The molecule has 0 aliphatic carbocycles. The van der Waals surface area contributed by atoms with Gasteiger partial charge in [-0.1, -0.05) is 0 Å². The number of benzene rings is 1. The van der Waals surface area contributed by atoms with Gasteiger partial charge < -0.3 is 19.4 Å². The molecule has 152 valence electrons. The number of halogens is 1. The topological polar surface area (TPSA) is 67.1 Å². The number of rotatable bonds is 5. The monoisotopic (exact) mass is 431 g/mol. The van der Waals surface area contributed by atoms with Gasteiger partial charge in [0.1, 0.15) is 12.0 Å². The number of thiophene rings is 1. The molecule has 3 heterocycles. The third-order valence-corrected chi connectivity index (χ3v) is 5.61. The number of likely N-dealkylation sites (N-methyl/N-ethyl adjacent to an activating group) is 1. The van der Waals surface area contributed by atoms with Gasteiger partial charge in [-0.2, -0.15) is 11.3 Å². The van der Waals surface area contributed by atoms with Crippen molar-refractivity contribution in [2.75, 3.05) is 32.1 Å². The smallest absolute Gasteiger partial charge is 0.254 e. The summed E-state index contributed by atoms with van der Waals surface area (Å²) in [6.07, 6.45) is 2.94. The van der Waals surface area contributed by atoms with Crippen LogP contribution in [0.4, 0.5) is 5.69 Å². The van der Waals surface area contributed by atoms with Crippen molar-refractivity contribution in [3.63, 3.8) is 0 Å². The number of benzodiazepines with no additional fused rings is 1. The lowest BCUT2D eigenvalue weighted by Gasteiger charge is -2.29. The first-order valence-electron chi connectivity index (χ1n) is 8.96. The average Bonchev–Trinajstić information content (AvgIpc) is 3.42. The molecule has 1 N–H and O–H groups in total. The highest BCUT2D eigenvalue weighted by atomic mass is 35.5. The van der Waals surface area contributed by atoms with E-state index in [1.54, 1.807) is 24.5 Å². The first-order chi connectivity index (χ1) is 13.7. The van der Waals surface area contributed by atoms with Crippen molar-refractivity contribution in [1.82, 2.24) is 5.32 Å². The standard InChI is InChI=1S/C21H21N3O3S.ClH/c1-24-16(11-23-21(25)14-5-7-27-12-14)10-22-20(15-6-8-28-13-15)18-4-3-17(26-2)9-19(18)24;/h3-9,12-13,16H,10-11H2,1-2H3,(H,23,25);1H. The predicted octanol–water partition coefficient (Wildman–Crippen LogP) is 3.86. The predicted molar refractivity (Wildman–Crippen MR) is 118 cm³/mol. The lowest BCUT2D eigenvalue weighted by Crippen LogP contribution is -2.43. The first kappa shape index (κ1) is 21.0. The van der Waals surface area contributed by atoms with E-state index in [0.717, 1.165) is 28.3 Å². The number of anilines is 1. The zero-order chi connectivity index (χ0) is 19.5. The molecule has 0 radical (unpaired) electrons. The summed E-state index contributed by atoms with van der Waals surface area (Å²) < 4.78 is 10.4. The maximum Gasteiger partial charge on any atom is 0.254 e. The van der Waals surface area contributed by atoms with Crippen LogP contribution >= 0.6 is 23.7 Å². The summed E-state index contributed by atoms with van der Waals surface area (Å²) in [5.74, 6) is 0.637. The van der Waals surface area contributed by atoms with Crippen molar-refractivity contribution in [3.05, 3.63) is 70.3 Å². The maximum absolute atomic E-state index is 12.3. The summed E-state index contributed by atoms with van der Waals surface area (Å²) in [7, 11) is 3.69. The minimum absolute atomic E-state index is 0. The van der Waals surface area contributed by atoms with Gasteiger partial charge in [-0.3, -0.25) is 9.79 Å². The number of aliphatic imine (C=N–C) groups is 1. The van der Waals surface area contributed by atoms with E-state index in [1.807, 2.05) is 25.2 Å². The second-order valence-corrected chi connectivity index (χ2v) is 7.35. The van der Waals surface area contributed by atoms with Gasteiger partial charge in [-0.25, -0.2) is 0 Å². The second-order valence-electron chi connectivity index (χ2n) is 6.57. The van der Waals surface area contributed by atoms with E-state index in [-0.39, 0.29) is 24.4 Å². The number of hydrogen-bond acceptors (Lipinski definition) is 6. The first-order valence-corrected chi connectivity index (χ1v) is 9.90. The van der Waals surface area contributed by atoms with Gasteiger partial charge in [0.25, 0.3) is 5.91 Å². The number of methoxy groups -OCH3 is 1. The molecule has 1 aliphatic rings. The number of fused-ring (bicyclic) bond motifs is 1. The van der Waals surface area contributed by atoms with Crippen LogP contribution in [0.15, 0.2) is 63.0 Å². The number of nitrogens with one attached hydrogen (secondary N) is 1. The molecule has 0 fully saturated rings. The van der Waals surface area contributed by atoms with E-state index in [4.69, 9.17) is 14.1 Å². The Morgan fingerprint density at radius 1 is 1.38 bits per heavy atom. The van der Waals surface area contributed by atoms with Crippen LogP contribution in [0.5, 0.6) is 5.75 Å². The number of nitrogens with zero attached hydrogens (tertiary/aromatic N) is 2. The molecule has 3 aromatic rings. The molecule has 29 heavy (non-hydrogen) atoms. The zero-order valence-electron chi connectivity index (χ0n) is 16.1. The molecular weight excluding hydrogens is 410 g/mol. The van der Waals surface area contributed by atoms with Crippen LogP contribution in [-0.2, 0) is 0 Å². The van der Waals surface area contributed by atoms with E-state index in [9.17, 15) is 4.79 Å². The van der Waals surface area contributed by atoms with Crippen molar-refractivity contribution < 1.29 is 13.9 Å². The third-order valence-electron chi connectivity index (χ3n) is 4.92. The van der Waals surface area contributed by atoms with E-state index in [1.165, 1.54) is 12.5 Å². The number of amides is 1. The second kappa shape index (κ2) is 9.15. The normalized spacial score (nSPS) is 15.6. The Kier molecular flexibility index (Phi) is 6.61. The molecule has 1 aliphatic heterocycles. The Morgan fingerprint density at radius 3 is 2.93 bits per heavy atom. The fourth-order valence-electron chi connectivity index (χ4n) is 3.29. The van der Waals surface area contributed by atoms with Crippen LogP contribution in [0, 0.1) is 0 Å². The highest BCUT2D eigenvalue weighted by Crippen LogP contribution is 2.31.